The van der Waals surface area contributed by atoms with Crippen molar-refractivity contribution < 1.29 is 9.53 Å². The van der Waals surface area contributed by atoms with Crippen LogP contribution < -0.4 is 4.74 Å². The molecule has 2 aliphatic heterocycles. The van der Waals surface area contributed by atoms with E-state index in [4.69, 9.17) is 4.74 Å². The van der Waals surface area contributed by atoms with Crippen molar-refractivity contribution in [1.82, 2.24) is 14.8 Å². The minimum atomic E-state index is 0.141. The van der Waals surface area contributed by atoms with Gasteiger partial charge in [0.25, 0.3) is 5.91 Å². The lowest BCUT2D eigenvalue weighted by atomic mass is 9.75. The average molecular weight is 490 g/mol. The average Bonchev–Trinajstić information content (AvgIpc) is 3.34. The highest BCUT2D eigenvalue weighted by Crippen LogP contribution is 2.37. The van der Waals surface area contributed by atoms with E-state index in [1.54, 1.807) is 0 Å². The Balaban J connectivity index is 1.08. The van der Waals surface area contributed by atoms with Crippen molar-refractivity contribution in [2.45, 2.75) is 77.7 Å². The third kappa shape index (κ3) is 6.11. The summed E-state index contributed by atoms with van der Waals surface area (Å²) in [5.74, 6) is 1.46. The number of benzene rings is 1. The lowest BCUT2D eigenvalue weighted by Gasteiger charge is -2.41. The maximum absolute atomic E-state index is 12.8. The van der Waals surface area contributed by atoms with Gasteiger partial charge in [0.1, 0.15) is 0 Å². The molecule has 2 aromatic rings. The number of piperidine rings is 1. The maximum Gasteiger partial charge on any atom is 0.254 e. The number of pyridine rings is 1. The smallest absolute Gasteiger partial charge is 0.254 e. The first-order valence-electron chi connectivity index (χ1n) is 14.2. The van der Waals surface area contributed by atoms with Crippen LogP contribution in [0.25, 0.3) is 11.1 Å². The Morgan fingerprint density at radius 2 is 1.67 bits per heavy atom. The fraction of sp³-hybridized carbons (Fsp3) is 0.613. The van der Waals surface area contributed by atoms with Crippen LogP contribution in [0.15, 0.2) is 42.6 Å². The first kappa shape index (κ1) is 25.3. The Morgan fingerprint density at radius 3 is 2.31 bits per heavy atom. The second kappa shape index (κ2) is 11.3. The Kier molecular flexibility index (Phi) is 7.95. The normalized spacial score (nSPS) is 23.1. The van der Waals surface area contributed by atoms with Crippen LogP contribution in [0.4, 0.5) is 0 Å². The standard InChI is InChI=1S/C31H43N3O2/c1-24-7-6-18-34(24)30(35)27-10-8-26(9-11-27)28-12-13-29(32-21-28)36-22-25-14-19-33(20-15-25)23-31(2)16-4-3-5-17-31/h8-13,21,24-25H,3-7,14-20,22-23H2,1-2H3. The van der Waals surface area contributed by atoms with Crippen molar-refractivity contribution in [3.63, 3.8) is 0 Å². The molecule has 0 N–H and O–H groups in total. The Morgan fingerprint density at radius 1 is 0.944 bits per heavy atom. The number of nitrogens with zero attached hydrogens (tertiary/aromatic N) is 3. The quantitative estimate of drug-likeness (QED) is 0.449. The maximum atomic E-state index is 12.8. The van der Waals surface area contributed by atoms with Crippen molar-refractivity contribution in [3.05, 3.63) is 48.2 Å². The number of likely N-dealkylation sites (tertiary alicyclic amines) is 2. The van der Waals surface area contributed by atoms with Gasteiger partial charge in [0, 0.05) is 42.5 Å². The molecule has 1 aromatic carbocycles. The van der Waals surface area contributed by atoms with Crippen molar-refractivity contribution in [1.29, 1.82) is 0 Å². The van der Waals surface area contributed by atoms with Gasteiger partial charge >= 0.3 is 0 Å². The summed E-state index contributed by atoms with van der Waals surface area (Å²) in [7, 11) is 0. The Bertz CT molecular complexity index is 989. The minimum Gasteiger partial charge on any atom is -0.477 e. The van der Waals surface area contributed by atoms with Crippen LogP contribution >= 0.6 is 0 Å². The van der Waals surface area contributed by atoms with E-state index in [9.17, 15) is 4.79 Å². The van der Waals surface area contributed by atoms with Gasteiger partial charge in [0.2, 0.25) is 5.88 Å². The highest BCUT2D eigenvalue weighted by molar-refractivity contribution is 5.95. The number of carbonyl (C=O) groups excluding carboxylic acids is 1. The molecule has 0 spiro atoms. The fourth-order valence-electron chi connectivity index (χ4n) is 6.46. The molecule has 1 atom stereocenters. The predicted octanol–water partition coefficient (Wildman–Crippen LogP) is 6.43. The van der Waals surface area contributed by atoms with Crippen LogP contribution in [-0.4, -0.2) is 59.5 Å². The number of ether oxygens (including phenoxy) is 1. The summed E-state index contributed by atoms with van der Waals surface area (Å²) in [5, 5.41) is 0. The first-order valence-corrected chi connectivity index (χ1v) is 14.2. The van der Waals surface area contributed by atoms with Crippen LogP contribution in [0.3, 0.4) is 0 Å². The van der Waals surface area contributed by atoms with Crippen LogP contribution in [0.5, 0.6) is 5.88 Å². The Labute approximate surface area is 217 Å². The number of carbonyl (C=O) groups is 1. The van der Waals surface area contributed by atoms with E-state index in [1.165, 1.54) is 64.6 Å². The highest BCUT2D eigenvalue weighted by atomic mass is 16.5. The van der Waals surface area contributed by atoms with E-state index in [1.807, 2.05) is 41.4 Å². The zero-order valence-electron chi connectivity index (χ0n) is 22.3. The molecule has 3 aliphatic rings. The summed E-state index contributed by atoms with van der Waals surface area (Å²) >= 11 is 0. The largest absolute Gasteiger partial charge is 0.477 e. The van der Waals surface area contributed by atoms with Crippen molar-refractivity contribution in [2.24, 2.45) is 11.3 Å². The molecule has 2 saturated heterocycles. The molecule has 1 aliphatic carbocycles. The summed E-state index contributed by atoms with van der Waals surface area (Å²) in [6.45, 7) is 9.93. The van der Waals surface area contributed by atoms with Crippen LogP contribution in [0, 0.1) is 11.3 Å². The molecule has 1 saturated carbocycles. The van der Waals surface area contributed by atoms with Gasteiger partial charge in [-0.15, -0.1) is 0 Å². The zero-order chi connectivity index (χ0) is 25.0. The molecular weight excluding hydrogens is 446 g/mol. The van der Waals surface area contributed by atoms with Gasteiger partial charge in [-0.3, -0.25) is 4.79 Å². The summed E-state index contributed by atoms with van der Waals surface area (Å²) < 4.78 is 6.08. The van der Waals surface area contributed by atoms with Gasteiger partial charge < -0.3 is 14.5 Å². The molecule has 1 unspecified atom stereocenters. The lowest BCUT2D eigenvalue weighted by molar-refractivity contribution is 0.0747. The van der Waals surface area contributed by atoms with E-state index < -0.39 is 0 Å². The molecule has 36 heavy (non-hydrogen) atoms. The van der Waals surface area contributed by atoms with Crippen LogP contribution in [0.2, 0.25) is 0 Å². The summed E-state index contributed by atoms with van der Waals surface area (Å²) in [5.41, 5.74) is 3.41. The van der Waals surface area contributed by atoms with Crippen molar-refractivity contribution >= 4 is 5.91 Å². The van der Waals surface area contributed by atoms with Gasteiger partial charge in [-0.1, -0.05) is 38.3 Å². The third-order valence-electron chi connectivity index (χ3n) is 8.86. The van der Waals surface area contributed by atoms with E-state index in [-0.39, 0.29) is 5.91 Å². The number of hydrogen-bond acceptors (Lipinski definition) is 4. The zero-order valence-corrected chi connectivity index (χ0v) is 22.3. The first-order chi connectivity index (χ1) is 17.5. The van der Waals surface area contributed by atoms with Crippen molar-refractivity contribution in [2.75, 3.05) is 32.8 Å². The molecule has 5 nitrogen and oxygen atoms in total. The second-order valence-corrected chi connectivity index (χ2v) is 11.9. The van der Waals surface area contributed by atoms with Gasteiger partial charge in [0.15, 0.2) is 0 Å². The van der Waals surface area contributed by atoms with Crippen LogP contribution in [-0.2, 0) is 0 Å². The molecule has 5 rings (SSSR count). The minimum absolute atomic E-state index is 0.141. The molecule has 1 amide bonds. The molecule has 5 heteroatoms. The van der Waals surface area contributed by atoms with Gasteiger partial charge in [-0.2, -0.15) is 0 Å². The summed E-state index contributed by atoms with van der Waals surface area (Å²) in [6.07, 6.45) is 13.6. The van der Waals surface area contributed by atoms with Crippen LogP contribution in [0.1, 0.15) is 82.0 Å². The van der Waals surface area contributed by atoms with E-state index in [2.05, 4.69) is 29.8 Å². The van der Waals surface area contributed by atoms with Gasteiger partial charge in [0.05, 0.1) is 6.61 Å². The van der Waals surface area contributed by atoms with Gasteiger partial charge in [-0.25, -0.2) is 4.98 Å². The molecule has 194 valence electrons. The molecule has 0 bridgehead atoms. The number of amides is 1. The van der Waals surface area contributed by atoms with E-state index in [0.717, 1.165) is 42.7 Å². The van der Waals surface area contributed by atoms with E-state index in [0.29, 0.717) is 23.3 Å². The number of rotatable bonds is 7. The molecule has 1 aromatic heterocycles. The molecular formula is C31H43N3O2. The highest BCUT2D eigenvalue weighted by Gasteiger charge is 2.31. The van der Waals surface area contributed by atoms with Gasteiger partial charge in [-0.05, 0) is 93.6 Å². The molecule has 3 fully saturated rings. The topological polar surface area (TPSA) is 45.7 Å². The third-order valence-corrected chi connectivity index (χ3v) is 8.86. The second-order valence-electron chi connectivity index (χ2n) is 11.9. The predicted molar refractivity (Wildman–Crippen MR) is 145 cm³/mol. The number of hydrogen-bond donors (Lipinski definition) is 0. The fourth-order valence-corrected chi connectivity index (χ4v) is 6.46. The lowest BCUT2D eigenvalue weighted by Crippen LogP contribution is -2.42. The Hall–Kier alpha value is -2.40. The summed E-state index contributed by atoms with van der Waals surface area (Å²) in [6, 6.07) is 12.3. The van der Waals surface area contributed by atoms with Crippen molar-refractivity contribution in [3.8, 4) is 17.0 Å². The molecule has 3 heterocycles. The molecule has 0 radical (unpaired) electrons. The van der Waals surface area contributed by atoms with E-state index >= 15 is 0 Å². The summed E-state index contributed by atoms with van der Waals surface area (Å²) in [4.78, 5) is 22.0. The number of aromatic nitrogens is 1. The monoisotopic (exact) mass is 489 g/mol. The SMILES string of the molecule is CC1CCCN1C(=O)c1ccc(-c2ccc(OCC3CCN(CC4(C)CCCCC4)CC3)nc2)cc1.